The molecule has 0 aliphatic heterocycles. The maximum Gasteiger partial charge on any atom is 0.405 e. The maximum atomic E-state index is 13.0. The zero-order valence-corrected chi connectivity index (χ0v) is 10.5. The largest absolute Gasteiger partial charge is 0.405 e. The first-order chi connectivity index (χ1) is 8.99. The second kappa shape index (κ2) is 5.63. The number of halogens is 4. The molecule has 6 nitrogen and oxygen atoms in total. The van der Waals surface area contributed by atoms with Gasteiger partial charge < -0.3 is 10.6 Å². The van der Waals surface area contributed by atoms with Crippen LogP contribution in [0, 0.1) is 5.82 Å². The highest BCUT2D eigenvalue weighted by atomic mass is 32.2. The van der Waals surface area contributed by atoms with Crippen LogP contribution < -0.4 is 15.8 Å². The molecule has 0 bridgehead atoms. The number of carbonyl (C=O) groups excluding carboxylic acids is 1. The third-order valence-corrected chi connectivity index (χ3v) is 2.91. The first kappa shape index (κ1) is 16.2. The number of amides is 2. The number of sulfonamides is 1. The Hall–Kier alpha value is -1.88. The number of alkyl halides is 3. The standard InChI is InChI=1S/C9H9F4N3O3S/c10-5-1-2-7(20(14,18)19)6(3-5)16-8(17)15-4-9(11,12)13/h1-3H,4H2,(H2,14,18,19)(H2,15,16,17). The third-order valence-electron chi connectivity index (χ3n) is 1.95. The van der Waals surface area contributed by atoms with Gasteiger partial charge in [-0.3, -0.25) is 0 Å². The van der Waals surface area contributed by atoms with Crippen molar-refractivity contribution >= 4 is 21.7 Å². The molecule has 1 rings (SSSR count). The van der Waals surface area contributed by atoms with E-state index in [4.69, 9.17) is 5.14 Å². The van der Waals surface area contributed by atoms with Gasteiger partial charge in [0, 0.05) is 0 Å². The molecule has 0 atom stereocenters. The second-order valence-corrected chi connectivity index (χ2v) is 5.14. The van der Waals surface area contributed by atoms with E-state index >= 15 is 0 Å². The van der Waals surface area contributed by atoms with E-state index in [0.717, 1.165) is 12.1 Å². The van der Waals surface area contributed by atoms with Crippen molar-refractivity contribution in [2.24, 2.45) is 5.14 Å². The van der Waals surface area contributed by atoms with Crippen LogP contribution in [0.25, 0.3) is 0 Å². The molecule has 0 unspecified atom stereocenters. The first-order valence-electron chi connectivity index (χ1n) is 4.93. The molecule has 1 aromatic carbocycles. The summed E-state index contributed by atoms with van der Waals surface area (Å²) in [5.41, 5.74) is -0.563. The predicted octanol–water partition coefficient (Wildman–Crippen LogP) is 1.16. The Kier molecular flexibility index (Phi) is 4.55. The van der Waals surface area contributed by atoms with Crippen molar-refractivity contribution in [1.82, 2.24) is 5.32 Å². The summed E-state index contributed by atoms with van der Waals surface area (Å²) in [7, 11) is -4.27. The number of rotatable bonds is 3. The quantitative estimate of drug-likeness (QED) is 0.729. The molecule has 0 heterocycles. The van der Waals surface area contributed by atoms with Crippen molar-refractivity contribution < 1.29 is 30.8 Å². The number of benzene rings is 1. The van der Waals surface area contributed by atoms with Crippen molar-refractivity contribution in [3.8, 4) is 0 Å². The topological polar surface area (TPSA) is 101 Å². The number of hydrogen-bond donors (Lipinski definition) is 3. The molecule has 4 N–H and O–H groups in total. The van der Waals surface area contributed by atoms with Gasteiger partial charge in [0.2, 0.25) is 10.0 Å². The highest BCUT2D eigenvalue weighted by Crippen LogP contribution is 2.21. The molecule has 2 amide bonds. The molecule has 0 saturated heterocycles. The van der Waals surface area contributed by atoms with E-state index < -0.39 is 45.2 Å². The highest BCUT2D eigenvalue weighted by Gasteiger charge is 2.28. The highest BCUT2D eigenvalue weighted by molar-refractivity contribution is 7.89. The van der Waals surface area contributed by atoms with Gasteiger partial charge >= 0.3 is 12.2 Å². The summed E-state index contributed by atoms with van der Waals surface area (Å²) >= 11 is 0. The number of hydrogen-bond acceptors (Lipinski definition) is 3. The zero-order valence-electron chi connectivity index (χ0n) is 9.66. The van der Waals surface area contributed by atoms with Crippen molar-refractivity contribution in [2.75, 3.05) is 11.9 Å². The molecule has 0 radical (unpaired) electrons. The van der Waals surface area contributed by atoms with Crippen LogP contribution in [0.2, 0.25) is 0 Å². The molecule has 0 aliphatic carbocycles. The Morgan fingerprint density at radius 1 is 1.30 bits per heavy atom. The average Bonchev–Trinajstić information content (AvgIpc) is 2.23. The number of carbonyl (C=O) groups is 1. The molecule has 0 aromatic heterocycles. The number of nitrogens with two attached hydrogens (primary N) is 1. The Bertz CT molecular complexity index is 615. The van der Waals surface area contributed by atoms with E-state index in [-0.39, 0.29) is 0 Å². The van der Waals surface area contributed by atoms with Crippen LogP contribution in [0.4, 0.5) is 28.0 Å². The molecular weight excluding hydrogens is 306 g/mol. The van der Waals surface area contributed by atoms with Crippen LogP contribution >= 0.6 is 0 Å². The van der Waals surface area contributed by atoms with Gasteiger partial charge in [0.25, 0.3) is 0 Å². The fourth-order valence-electron chi connectivity index (χ4n) is 1.20. The van der Waals surface area contributed by atoms with E-state index in [2.05, 4.69) is 0 Å². The lowest BCUT2D eigenvalue weighted by molar-refractivity contribution is -0.122. The molecule has 0 saturated carbocycles. The Morgan fingerprint density at radius 2 is 1.90 bits per heavy atom. The molecule has 1 aromatic rings. The Labute approximate surface area is 111 Å². The van der Waals surface area contributed by atoms with Crippen LogP contribution in [-0.4, -0.2) is 27.2 Å². The molecule has 0 aliphatic rings. The van der Waals surface area contributed by atoms with Gasteiger partial charge in [0.1, 0.15) is 17.3 Å². The minimum atomic E-state index is -4.64. The SMILES string of the molecule is NS(=O)(=O)c1ccc(F)cc1NC(=O)NCC(F)(F)F. The van der Waals surface area contributed by atoms with E-state index in [0.29, 0.717) is 6.07 Å². The van der Waals surface area contributed by atoms with E-state index in [1.54, 1.807) is 5.32 Å². The normalized spacial score (nSPS) is 12.1. The monoisotopic (exact) mass is 315 g/mol. The van der Waals surface area contributed by atoms with Gasteiger partial charge in [-0.2, -0.15) is 13.2 Å². The predicted molar refractivity (Wildman–Crippen MR) is 60.8 cm³/mol. The molecule has 11 heteroatoms. The lowest BCUT2D eigenvalue weighted by atomic mass is 10.3. The second-order valence-electron chi connectivity index (χ2n) is 3.61. The van der Waals surface area contributed by atoms with Crippen LogP contribution in [0.1, 0.15) is 0 Å². The first-order valence-corrected chi connectivity index (χ1v) is 6.47. The van der Waals surface area contributed by atoms with E-state index in [1.165, 1.54) is 5.32 Å². The van der Waals surface area contributed by atoms with Gasteiger partial charge in [-0.25, -0.2) is 22.7 Å². The third kappa shape index (κ3) is 5.01. The van der Waals surface area contributed by atoms with Crippen LogP contribution in [0.15, 0.2) is 23.1 Å². The lowest BCUT2D eigenvalue weighted by Crippen LogP contribution is -2.37. The number of primary sulfonamides is 1. The minimum Gasteiger partial charge on any atom is -0.329 e. The summed E-state index contributed by atoms with van der Waals surface area (Å²) in [6.45, 7) is -1.63. The fraction of sp³-hybridized carbons (Fsp3) is 0.222. The zero-order chi connectivity index (χ0) is 15.6. The van der Waals surface area contributed by atoms with Crippen LogP contribution in [0.3, 0.4) is 0 Å². The Balaban J connectivity index is 2.92. The number of nitrogens with one attached hydrogen (secondary N) is 2. The van der Waals surface area contributed by atoms with Crippen molar-refractivity contribution in [2.45, 2.75) is 11.1 Å². The van der Waals surface area contributed by atoms with E-state index in [9.17, 15) is 30.8 Å². The van der Waals surface area contributed by atoms with Gasteiger partial charge in [-0.15, -0.1) is 0 Å². The lowest BCUT2D eigenvalue weighted by Gasteiger charge is -2.12. The van der Waals surface area contributed by atoms with Crippen molar-refractivity contribution in [3.05, 3.63) is 24.0 Å². The summed E-state index contributed by atoms with van der Waals surface area (Å²) in [5.74, 6) is -0.900. The van der Waals surface area contributed by atoms with Crippen molar-refractivity contribution in [1.29, 1.82) is 0 Å². The fourth-order valence-corrected chi connectivity index (χ4v) is 1.87. The summed E-state index contributed by atoms with van der Waals surface area (Å²) in [6.07, 6.45) is -4.64. The van der Waals surface area contributed by atoms with Crippen LogP contribution in [0.5, 0.6) is 0 Å². The number of anilines is 1. The summed E-state index contributed by atoms with van der Waals surface area (Å²) in [4.78, 5) is 10.5. The van der Waals surface area contributed by atoms with Gasteiger partial charge in [-0.1, -0.05) is 0 Å². The van der Waals surface area contributed by atoms with Gasteiger partial charge in [0.15, 0.2) is 0 Å². The Morgan fingerprint density at radius 3 is 2.40 bits per heavy atom. The average molecular weight is 315 g/mol. The van der Waals surface area contributed by atoms with E-state index in [1.807, 2.05) is 0 Å². The molecular formula is C9H9F4N3O3S. The van der Waals surface area contributed by atoms with Gasteiger partial charge in [0.05, 0.1) is 5.69 Å². The number of urea groups is 1. The van der Waals surface area contributed by atoms with Gasteiger partial charge in [-0.05, 0) is 18.2 Å². The van der Waals surface area contributed by atoms with Crippen molar-refractivity contribution in [3.63, 3.8) is 0 Å². The smallest absolute Gasteiger partial charge is 0.329 e. The summed E-state index contributed by atoms with van der Waals surface area (Å²) < 4.78 is 70.9. The molecule has 0 spiro atoms. The molecule has 112 valence electrons. The summed E-state index contributed by atoms with van der Waals surface area (Å²) in [6, 6.07) is 0.827. The summed E-state index contributed by atoms with van der Waals surface area (Å²) in [5, 5.41) is 8.04. The van der Waals surface area contributed by atoms with Crippen LogP contribution in [-0.2, 0) is 10.0 Å². The maximum absolute atomic E-state index is 13.0. The molecule has 0 fully saturated rings. The minimum absolute atomic E-state index is 0.563. The molecule has 20 heavy (non-hydrogen) atoms.